The maximum absolute atomic E-state index is 12.8. The van der Waals surface area contributed by atoms with Crippen molar-refractivity contribution >= 4 is 16.7 Å². The summed E-state index contributed by atoms with van der Waals surface area (Å²) >= 11 is 0. The molecule has 0 spiro atoms. The van der Waals surface area contributed by atoms with E-state index < -0.39 is 0 Å². The van der Waals surface area contributed by atoms with Gasteiger partial charge in [0.15, 0.2) is 0 Å². The van der Waals surface area contributed by atoms with Crippen LogP contribution in [0, 0.1) is 13.8 Å². The van der Waals surface area contributed by atoms with Crippen molar-refractivity contribution in [3.8, 4) is 0 Å². The Hall–Kier alpha value is -2.69. The topological polar surface area (TPSA) is 59.8 Å². The van der Waals surface area contributed by atoms with Crippen molar-refractivity contribution in [1.82, 2.24) is 20.1 Å². The van der Waals surface area contributed by atoms with E-state index in [2.05, 4.69) is 48.4 Å². The number of nitrogens with zero attached hydrogens (tertiary/aromatic N) is 3. The van der Waals surface area contributed by atoms with Crippen LogP contribution in [-0.2, 0) is 6.54 Å². The lowest BCUT2D eigenvalue weighted by atomic mass is 9.98. The van der Waals surface area contributed by atoms with Gasteiger partial charge in [0.2, 0.25) is 0 Å². The molecule has 5 heteroatoms. The highest BCUT2D eigenvalue weighted by Crippen LogP contribution is 2.23. The maximum Gasteiger partial charge on any atom is 0.252 e. The number of aryl methyl sites for hydroxylation is 2. The molecule has 0 saturated carbocycles. The van der Waals surface area contributed by atoms with Gasteiger partial charge >= 0.3 is 0 Å². The van der Waals surface area contributed by atoms with Gasteiger partial charge in [-0.25, -0.2) is 0 Å². The monoisotopic (exact) mass is 336 g/mol. The summed E-state index contributed by atoms with van der Waals surface area (Å²) in [5.41, 5.74) is 2.93. The van der Waals surface area contributed by atoms with Crippen molar-refractivity contribution in [2.24, 2.45) is 0 Å². The third-order valence-corrected chi connectivity index (χ3v) is 4.41. The maximum atomic E-state index is 12.8. The number of amides is 1. The SMILES string of the molecule is Cc1ccc2c(C(=O)NCCn3cnnc3C(C)C)c(C)ccc2c1. The zero-order valence-electron chi connectivity index (χ0n) is 15.2. The summed E-state index contributed by atoms with van der Waals surface area (Å²) in [7, 11) is 0. The van der Waals surface area contributed by atoms with Crippen molar-refractivity contribution in [2.45, 2.75) is 40.2 Å². The van der Waals surface area contributed by atoms with Gasteiger partial charge in [-0.05, 0) is 30.2 Å². The summed E-state index contributed by atoms with van der Waals surface area (Å²) in [6.45, 7) is 9.41. The first-order chi connectivity index (χ1) is 12.0. The van der Waals surface area contributed by atoms with Crippen LogP contribution in [0.3, 0.4) is 0 Å². The van der Waals surface area contributed by atoms with Crippen LogP contribution in [-0.4, -0.2) is 27.2 Å². The second-order valence-electron chi connectivity index (χ2n) is 6.78. The Morgan fingerprint density at radius 2 is 2.00 bits per heavy atom. The molecular formula is C20H24N4O. The van der Waals surface area contributed by atoms with Crippen LogP contribution in [0.4, 0.5) is 0 Å². The Balaban J connectivity index is 1.76. The number of carbonyl (C=O) groups excluding carboxylic acids is 1. The van der Waals surface area contributed by atoms with Crippen molar-refractivity contribution in [1.29, 1.82) is 0 Å². The average Bonchev–Trinajstić information content (AvgIpc) is 3.03. The van der Waals surface area contributed by atoms with Crippen LogP contribution in [0.15, 0.2) is 36.7 Å². The number of aromatic nitrogens is 3. The van der Waals surface area contributed by atoms with Gasteiger partial charge in [-0.3, -0.25) is 4.79 Å². The highest BCUT2D eigenvalue weighted by molar-refractivity contribution is 6.08. The smallest absolute Gasteiger partial charge is 0.252 e. The van der Waals surface area contributed by atoms with E-state index in [1.165, 1.54) is 5.56 Å². The number of fused-ring (bicyclic) bond motifs is 1. The predicted molar refractivity (Wildman–Crippen MR) is 99.9 cm³/mol. The normalized spacial score (nSPS) is 11.2. The third-order valence-electron chi connectivity index (χ3n) is 4.41. The first-order valence-corrected chi connectivity index (χ1v) is 8.63. The van der Waals surface area contributed by atoms with Crippen molar-refractivity contribution in [2.75, 3.05) is 6.54 Å². The van der Waals surface area contributed by atoms with E-state index in [1.807, 2.05) is 29.7 Å². The molecule has 0 aliphatic rings. The minimum atomic E-state index is -0.0360. The molecule has 1 N–H and O–H groups in total. The molecule has 3 aromatic rings. The predicted octanol–water partition coefficient (Wildman–Crippen LogP) is 3.60. The van der Waals surface area contributed by atoms with Crippen LogP contribution in [0.1, 0.15) is 47.1 Å². The van der Waals surface area contributed by atoms with Crippen molar-refractivity contribution in [3.63, 3.8) is 0 Å². The Morgan fingerprint density at radius 3 is 2.76 bits per heavy atom. The second kappa shape index (κ2) is 7.05. The number of hydrogen-bond donors (Lipinski definition) is 1. The van der Waals surface area contributed by atoms with E-state index in [9.17, 15) is 4.79 Å². The standard InChI is InChI=1S/C20H24N4O/c1-13(2)19-23-22-12-24(19)10-9-21-20(25)18-15(4)6-7-16-11-14(3)5-8-17(16)18/h5-8,11-13H,9-10H2,1-4H3,(H,21,25). The van der Waals surface area contributed by atoms with E-state index in [4.69, 9.17) is 0 Å². The molecule has 0 fully saturated rings. The minimum Gasteiger partial charge on any atom is -0.350 e. The van der Waals surface area contributed by atoms with E-state index in [0.717, 1.165) is 27.7 Å². The molecule has 25 heavy (non-hydrogen) atoms. The molecule has 3 rings (SSSR count). The summed E-state index contributed by atoms with van der Waals surface area (Å²) in [6.07, 6.45) is 1.72. The molecule has 5 nitrogen and oxygen atoms in total. The molecule has 0 bridgehead atoms. The Morgan fingerprint density at radius 1 is 1.20 bits per heavy atom. The fourth-order valence-electron chi connectivity index (χ4n) is 3.12. The molecule has 2 aromatic carbocycles. The van der Waals surface area contributed by atoms with Crippen LogP contribution in [0.25, 0.3) is 10.8 Å². The number of nitrogens with one attached hydrogen (secondary N) is 1. The van der Waals surface area contributed by atoms with E-state index in [1.54, 1.807) is 6.33 Å². The quantitative estimate of drug-likeness (QED) is 0.774. The summed E-state index contributed by atoms with van der Waals surface area (Å²) in [5.74, 6) is 1.21. The van der Waals surface area contributed by atoms with Gasteiger partial charge < -0.3 is 9.88 Å². The highest BCUT2D eigenvalue weighted by Gasteiger charge is 2.14. The Labute approximate surface area is 148 Å². The molecule has 1 amide bonds. The first-order valence-electron chi connectivity index (χ1n) is 8.63. The van der Waals surface area contributed by atoms with Crippen LogP contribution in [0.2, 0.25) is 0 Å². The third kappa shape index (κ3) is 3.55. The van der Waals surface area contributed by atoms with Gasteiger partial charge in [0.25, 0.3) is 5.91 Å². The first kappa shape index (κ1) is 17.1. The second-order valence-corrected chi connectivity index (χ2v) is 6.78. The number of hydrogen-bond acceptors (Lipinski definition) is 3. The fourth-order valence-corrected chi connectivity index (χ4v) is 3.12. The van der Waals surface area contributed by atoms with E-state index >= 15 is 0 Å². The number of rotatable bonds is 5. The lowest BCUT2D eigenvalue weighted by molar-refractivity contribution is 0.0953. The Kier molecular flexibility index (Phi) is 4.83. The summed E-state index contributed by atoms with van der Waals surface area (Å²) in [4.78, 5) is 12.8. The fraction of sp³-hybridized carbons (Fsp3) is 0.350. The van der Waals surface area contributed by atoms with Gasteiger partial charge in [0, 0.05) is 19.0 Å². The van der Waals surface area contributed by atoms with Gasteiger partial charge in [-0.2, -0.15) is 0 Å². The molecule has 0 atom stereocenters. The van der Waals surface area contributed by atoms with Crippen LogP contribution in [0.5, 0.6) is 0 Å². The van der Waals surface area contributed by atoms with Crippen LogP contribution >= 0.6 is 0 Å². The van der Waals surface area contributed by atoms with Crippen molar-refractivity contribution < 1.29 is 4.79 Å². The molecule has 0 unspecified atom stereocenters. The van der Waals surface area contributed by atoms with Gasteiger partial charge in [0.1, 0.15) is 12.2 Å². The largest absolute Gasteiger partial charge is 0.350 e. The number of carbonyl (C=O) groups is 1. The van der Waals surface area contributed by atoms with E-state index in [-0.39, 0.29) is 5.91 Å². The lowest BCUT2D eigenvalue weighted by Crippen LogP contribution is -2.28. The average molecular weight is 336 g/mol. The molecular weight excluding hydrogens is 312 g/mol. The molecule has 0 aliphatic carbocycles. The lowest BCUT2D eigenvalue weighted by Gasteiger charge is -2.13. The highest BCUT2D eigenvalue weighted by atomic mass is 16.1. The molecule has 1 heterocycles. The van der Waals surface area contributed by atoms with Gasteiger partial charge in [-0.1, -0.05) is 49.7 Å². The molecule has 130 valence electrons. The summed E-state index contributed by atoms with van der Waals surface area (Å²) < 4.78 is 1.99. The zero-order valence-corrected chi connectivity index (χ0v) is 15.2. The molecule has 1 aromatic heterocycles. The molecule has 0 radical (unpaired) electrons. The summed E-state index contributed by atoms with van der Waals surface area (Å²) in [5, 5.41) is 13.2. The van der Waals surface area contributed by atoms with E-state index in [0.29, 0.717) is 19.0 Å². The number of benzene rings is 2. The molecule has 0 aliphatic heterocycles. The Bertz CT molecular complexity index is 911. The zero-order chi connectivity index (χ0) is 18.0. The summed E-state index contributed by atoms with van der Waals surface area (Å²) in [6, 6.07) is 10.3. The molecule has 0 saturated heterocycles. The van der Waals surface area contributed by atoms with Crippen molar-refractivity contribution in [3.05, 3.63) is 59.2 Å². The van der Waals surface area contributed by atoms with Gasteiger partial charge in [-0.15, -0.1) is 10.2 Å². The van der Waals surface area contributed by atoms with Gasteiger partial charge in [0.05, 0.1) is 5.56 Å². The minimum absolute atomic E-state index is 0.0360. The van der Waals surface area contributed by atoms with Crippen LogP contribution < -0.4 is 5.32 Å².